The van der Waals surface area contributed by atoms with Crippen molar-refractivity contribution in [3.05, 3.63) is 22.7 Å². The van der Waals surface area contributed by atoms with E-state index in [9.17, 15) is 0 Å². The maximum Gasteiger partial charge on any atom is 0.179 e. The fourth-order valence-corrected chi connectivity index (χ4v) is 3.15. The number of hydrogen-bond donors (Lipinski definition) is 1. The van der Waals surface area contributed by atoms with E-state index in [2.05, 4.69) is 24.1 Å². The molecule has 1 fully saturated rings. The van der Waals surface area contributed by atoms with Gasteiger partial charge in [-0.2, -0.15) is 0 Å². The number of nitrogens with zero attached hydrogens (tertiary/aromatic N) is 1. The molecule has 0 bridgehead atoms. The lowest BCUT2D eigenvalue weighted by Crippen LogP contribution is -2.44. The van der Waals surface area contributed by atoms with Crippen LogP contribution in [0.15, 0.2) is 12.1 Å². The molecule has 142 valence electrons. The molecule has 1 N–H and O–H groups in total. The highest BCUT2D eigenvalue weighted by molar-refractivity contribution is 6.32. The maximum atomic E-state index is 6.42. The van der Waals surface area contributed by atoms with Crippen molar-refractivity contribution in [1.82, 2.24) is 10.2 Å². The molecule has 1 aliphatic rings. The molecule has 5 nitrogen and oxygen atoms in total. The van der Waals surface area contributed by atoms with Gasteiger partial charge in [-0.1, -0.05) is 18.5 Å². The molecular formula is C19H31ClN2O3. The summed E-state index contributed by atoms with van der Waals surface area (Å²) in [6.07, 6.45) is 0.935. The molecular weight excluding hydrogens is 340 g/mol. The highest BCUT2D eigenvalue weighted by Crippen LogP contribution is 2.36. The zero-order valence-corrected chi connectivity index (χ0v) is 16.4. The minimum atomic E-state index is 0.392. The molecule has 1 aliphatic heterocycles. The predicted molar refractivity (Wildman–Crippen MR) is 102 cm³/mol. The van der Waals surface area contributed by atoms with E-state index < -0.39 is 0 Å². The fraction of sp³-hybridized carbons (Fsp3) is 0.684. The number of ether oxygens (including phenoxy) is 3. The van der Waals surface area contributed by atoms with E-state index >= 15 is 0 Å². The van der Waals surface area contributed by atoms with Crippen LogP contribution in [0.5, 0.6) is 11.5 Å². The number of hydrogen-bond acceptors (Lipinski definition) is 5. The molecule has 1 saturated heterocycles. The molecule has 1 aromatic rings. The van der Waals surface area contributed by atoms with Gasteiger partial charge in [0.1, 0.15) is 0 Å². The molecule has 0 radical (unpaired) electrons. The van der Waals surface area contributed by atoms with Crippen molar-refractivity contribution in [1.29, 1.82) is 0 Å². The second kappa shape index (κ2) is 10.9. The number of halogens is 1. The van der Waals surface area contributed by atoms with Gasteiger partial charge in [0, 0.05) is 32.2 Å². The molecule has 2 rings (SSSR count). The van der Waals surface area contributed by atoms with Gasteiger partial charge in [0.15, 0.2) is 11.5 Å². The van der Waals surface area contributed by atoms with Gasteiger partial charge in [0.25, 0.3) is 0 Å². The van der Waals surface area contributed by atoms with Crippen molar-refractivity contribution < 1.29 is 14.2 Å². The second-order valence-electron chi connectivity index (χ2n) is 6.38. The molecule has 1 heterocycles. The van der Waals surface area contributed by atoms with Crippen molar-refractivity contribution in [2.45, 2.75) is 39.8 Å². The van der Waals surface area contributed by atoms with Gasteiger partial charge in [-0.15, -0.1) is 0 Å². The Kier molecular flexibility index (Phi) is 8.82. The number of rotatable bonds is 10. The van der Waals surface area contributed by atoms with Crippen molar-refractivity contribution in [2.24, 2.45) is 0 Å². The molecule has 0 aromatic heterocycles. The Morgan fingerprint density at radius 2 is 2.00 bits per heavy atom. The lowest BCUT2D eigenvalue weighted by atomic mass is 10.1. The van der Waals surface area contributed by atoms with Crippen LogP contribution in [-0.4, -0.2) is 57.0 Å². The van der Waals surface area contributed by atoms with E-state index in [1.54, 1.807) is 0 Å². The van der Waals surface area contributed by atoms with Crippen LogP contribution in [0, 0.1) is 0 Å². The highest BCUT2D eigenvalue weighted by Gasteiger charge is 2.15. The molecule has 0 amide bonds. The third-order valence-corrected chi connectivity index (χ3v) is 4.39. The third kappa shape index (κ3) is 6.66. The van der Waals surface area contributed by atoms with E-state index in [1.807, 2.05) is 19.1 Å². The van der Waals surface area contributed by atoms with E-state index in [-0.39, 0.29) is 0 Å². The van der Waals surface area contributed by atoms with Gasteiger partial charge in [-0.25, -0.2) is 0 Å². The Bertz CT molecular complexity index is 522. The number of nitrogens with one attached hydrogen (secondary N) is 1. The van der Waals surface area contributed by atoms with Crippen LogP contribution in [0.4, 0.5) is 0 Å². The van der Waals surface area contributed by atoms with Gasteiger partial charge < -0.3 is 19.5 Å². The smallest absolute Gasteiger partial charge is 0.179 e. The maximum absolute atomic E-state index is 6.42. The third-order valence-electron chi connectivity index (χ3n) is 4.11. The topological polar surface area (TPSA) is 43.0 Å². The molecule has 25 heavy (non-hydrogen) atoms. The highest BCUT2D eigenvalue weighted by atomic mass is 35.5. The minimum Gasteiger partial charge on any atom is -0.490 e. The normalized spacial score (nSPS) is 16.6. The summed E-state index contributed by atoms with van der Waals surface area (Å²) < 4.78 is 16.9. The average Bonchev–Trinajstić information content (AvgIpc) is 2.60. The van der Waals surface area contributed by atoms with Crippen LogP contribution in [0.3, 0.4) is 0 Å². The monoisotopic (exact) mass is 370 g/mol. The van der Waals surface area contributed by atoms with Gasteiger partial charge in [0.05, 0.1) is 31.5 Å². The van der Waals surface area contributed by atoms with Crippen LogP contribution in [0.2, 0.25) is 5.02 Å². The average molecular weight is 371 g/mol. The first-order chi connectivity index (χ1) is 12.1. The van der Waals surface area contributed by atoms with Crippen LogP contribution in [0.1, 0.15) is 32.8 Å². The Morgan fingerprint density at radius 3 is 2.68 bits per heavy atom. The van der Waals surface area contributed by atoms with Crippen LogP contribution in [-0.2, 0) is 11.3 Å². The first kappa shape index (κ1) is 20.3. The first-order valence-electron chi connectivity index (χ1n) is 9.25. The largest absolute Gasteiger partial charge is 0.490 e. The Balaban J connectivity index is 1.93. The summed E-state index contributed by atoms with van der Waals surface area (Å²) in [6, 6.07) is 4.38. The standard InChI is InChI=1S/C19H31ClN2O3/c1-4-8-25-19-17(20)11-16(12-18(19)24-5-2)13-21-15(3)14-22-6-9-23-10-7-22/h11-12,15,21H,4-10,13-14H2,1-3H3. The van der Waals surface area contributed by atoms with Crippen LogP contribution in [0.25, 0.3) is 0 Å². The summed E-state index contributed by atoms with van der Waals surface area (Å²) in [5.74, 6) is 1.37. The lowest BCUT2D eigenvalue weighted by molar-refractivity contribution is 0.0343. The van der Waals surface area contributed by atoms with Gasteiger partial charge >= 0.3 is 0 Å². The second-order valence-corrected chi connectivity index (χ2v) is 6.79. The van der Waals surface area contributed by atoms with Crippen molar-refractivity contribution in [3.8, 4) is 11.5 Å². The van der Waals surface area contributed by atoms with Gasteiger partial charge in [-0.05, 0) is 38.0 Å². The molecule has 0 saturated carbocycles. The van der Waals surface area contributed by atoms with Crippen LogP contribution < -0.4 is 14.8 Å². The molecule has 1 atom stereocenters. The molecule has 0 spiro atoms. The van der Waals surface area contributed by atoms with E-state index in [4.69, 9.17) is 25.8 Å². The summed E-state index contributed by atoms with van der Waals surface area (Å²) >= 11 is 6.42. The SMILES string of the molecule is CCCOc1c(Cl)cc(CNC(C)CN2CCOCC2)cc1OCC. The quantitative estimate of drug-likeness (QED) is 0.684. The Labute approximate surface area is 156 Å². The first-order valence-corrected chi connectivity index (χ1v) is 9.63. The molecule has 1 unspecified atom stereocenters. The van der Waals surface area contributed by atoms with Gasteiger partial charge in [0.2, 0.25) is 0 Å². The van der Waals surface area contributed by atoms with E-state index in [0.29, 0.717) is 30.0 Å². The summed E-state index contributed by atoms with van der Waals surface area (Å²) in [4.78, 5) is 2.43. The zero-order valence-electron chi connectivity index (χ0n) is 15.6. The minimum absolute atomic E-state index is 0.392. The van der Waals surface area contributed by atoms with Crippen LogP contribution >= 0.6 is 11.6 Å². The summed E-state index contributed by atoms with van der Waals surface area (Å²) in [5, 5.41) is 4.18. The lowest BCUT2D eigenvalue weighted by Gasteiger charge is -2.29. The number of benzene rings is 1. The molecule has 0 aliphatic carbocycles. The summed E-state index contributed by atoms with van der Waals surface area (Å²) in [5.41, 5.74) is 1.10. The summed E-state index contributed by atoms with van der Waals surface area (Å²) in [7, 11) is 0. The Hall–Kier alpha value is -1.01. The van der Waals surface area contributed by atoms with Crippen molar-refractivity contribution in [2.75, 3.05) is 46.1 Å². The van der Waals surface area contributed by atoms with Crippen molar-refractivity contribution in [3.63, 3.8) is 0 Å². The fourth-order valence-electron chi connectivity index (χ4n) is 2.86. The zero-order chi connectivity index (χ0) is 18.1. The van der Waals surface area contributed by atoms with E-state index in [1.165, 1.54) is 0 Å². The Morgan fingerprint density at radius 1 is 1.24 bits per heavy atom. The molecule has 6 heteroatoms. The van der Waals surface area contributed by atoms with Crippen molar-refractivity contribution >= 4 is 11.6 Å². The van der Waals surface area contributed by atoms with Gasteiger partial charge in [-0.3, -0.25) is 4.90 Å². The molecule has 1 aromatic carbocycles. The summed E-state index contributed by atoms with van der Waals surface area (Å²) in [6.45, 7) is 12.9. The van der Waals surface area contributed by atoms with E-state index in [0.717, 1.165) is 57.1 Å². The predicted octanol–water partition coefficient (Wildman–Crippen LogP) is 3.34. The number of morpholine rings is 1.